The van der Waals surface area contributed by atoms with Gasteiger partial charge in [-0.1, -0.05) is 23.7 Å². The van der Waals surface area contributed by atoms with Crippen molar-refractivity contribution < 1.29 is 5.11 Å². The highest BCUT2D eigenvalue weighted by Gasteiger charge is 2.26. The van der Waals surface area contributed by atoms with Crippen molar-refractivity contribution in [2.24, 2.45) is 11.7 Å². The van der Waals surface area contributed by atoms with E-state index in [0.717, 1.165) is 31.6 Å². The van der Waals surface area contributed by atoms with E-state index in [1.54, 1.807) is 6.07 Å². The predicted molar refractivity (Wildman–Crippen MR) is 77.5 cm³/mol. The van der Waals surface area contributed by atoms with Crippen molar-refractivity contribution in [2.45, 2.75) is 26.0 Å². The fourth-order valence-corrected chi connectivity index (χ4v) is 2.72. The van der Waals surface area contributed by atoms with Crippen LogP contribution >= 0.6 is 11.6 Å². The third-order valence-electron chi connectivity index (χ3n) is 3.75. The van der Waals surface area contributed by atoms with Gasteiger partial charge in [0.05, 0.1) is 6.10 Å². The molecular weight excluding hydrogens is 262 g/mol. The maximum atomic E-state index is 9.60. The molecule has 104 valence electrons. The lowest BCUT2D eigenvalue weighted by molar-refractivity contribution is 0.127. The van der Waals surface area contributed by atoms with E-state index in [-0.39, 0.29) is 11.9 Å². The van der Waals surface area contributed by atoms with E-state index in [4.69, 9.17) is 22.7 Å². The summed E-state index contributed by atoms with van der Waals surface area (Å²) in [6.07, 6.45) is 0.779. The summed E-state index contributed by atoms with van der Waals surface area (Å²) in [6.45, 7) is 4.52. The van der Waals surface area contributed by atoms with E-state index in [1.807, 2.05) is 19.1 Å². The van der Waals surface area contributed by atoms with Gasteiger partial charge in [-0.3, -0.25) is 10.3 Å². The minimum atomic E-state index is -0.249. The summed E-state index contributed by atoms with van der Waals surface area (Å²) in [5, 5.41) is 17.6. The standard InChI is InChI=1S/C14H20ClN3O/c1-9(19)11-4-5-18(7-11)8-12-3-2-10(14(16)17)6-13(12)15/h2-3,6,9,11,19H,4-5,7-8H2,1H3,(H3,16,17). The van der Waals surface area contributed by atoms with Crippen molar-refractivity contribution in [1.82, 2.24) is 4.90 Å². The van der Waals surface area contributed by atoms with Crippen molar-refractivity contribution in [1.29, 1.82) is 5.41 Å². The van der Waals surface area contributed by atoms with Gasteiger partial charge in [-0.15, -0.1) is 0 Å². The van der Waals surface area contributed by atoms with Crippen molar-refractivity contribution in [3.63, 3.8) is 0 Å². The Kier molecular flexibility index (Phi) is 4.45. The number of aliphatic hydroxyl groups excluding tert-OH is 1. The normalized spacial score (nSPS) is 21.5. The van der Waals surface area contributed by atoms with Crippen LogP contribution < -0.4 is 5.73 Å². The molecule has 1 heterocycles. The van der Waals surface area contributed by atoms with Crippen LogP contribution in [0.5, 0.6) is 0 Å². The zero-order chi connectivity index (χ0) is 14.0. The first-order valence-electron chi connectivity index (χ1n) is 6.50. The number of nitrogens with two attached hydrogens (primary N) is 1. The van der Waals surface area contributed by atoms with Crippen molar-refractivity contribution in [2.75, 3.05) is 13.1 Å². The molecule has 0 aromatic heterocycles. The molecule has 1 aromatic carbocycles. The average molecular weight is 282 g/mol. The number of likely N-dealkylation sites (tertiary alicyclic amines) is 1. The summed E-state index contributed by atoms with van der Waals surface area (Å²) in [5.74, 6) is 0.388. The third-order valence-corrected chi connectivity index (χ3v) is 4.10. The first-order valence-corrected chi connectivity index (χ1v) is 6.88. The monoisotopic (exact) mass is 281 g/mol. The molecule has 1 aliphatic heterocycles. The molecule has 0 amide bonds. The molecule has 5 heteroatoms. The number of rotatable bonds is 4. The van der Waals surface area contributed by atoms with E-state index in [0.29, 0.717) is 16.5 Å². The summed E-state index contributed by atoms with van der Waals surface area (Å²) >= 11 is 6.22. The average Bonchev–Trinajstić information content (AvgIpc) is 2.80. The molecule has 2 atom stereocenters. The molecule has 2 unspecified atom stereocenters. The second kappa shape index (κ2) is 5.90. The van der Waals surface area contributed by atoms with Gasteiger partial charge in [-0.2, -0.15) is 0 Å². The molecule has 4 N–H and O–H groups in total. The second-order valence-electron chi connectivity index (χ2n) is 5.24. The minimum Gasteiger partial charge on any atom is -0.393 e. The Morgan fingerprint density at radius 3 is 2.89 bits per heavy atom. The van der Waals surface area contributed by atoms with Crippen LogP contribution in [0.3, 0.4) is 0 Å². The quantitative estimate of drug-likeness (QED) is 0.582. The van der Waals surface area contributed by atoms with Crippen LogP contribution in [0.1, 0.15) is 24.5 Å². The third kappa shape index (κ3) is 3.47. The van der Waals surface area contributed by atoms with Crippen LogP contribution in [0.25, 0.3) is 0 Å². The zero-order valence-corrected chi connectivity index (χ0v) is 11.8. The Balaban J connectivity index is 2.02. The number of hydrogen-bond donors (Lipinski definition) is 3. The van der Waals surface area contributed by atoms with Crippen LogP contribution in [0.15, 0.2) is 18.2 Å². The number of hydrogen-bond acceptors (Lipinski definition) is 3. The topological polar surface area (TPSA) is 73.3 Å². The zero-order valence-electron chi connectivity index (χ0n) is 11.1. The highest BCUT2D eigenvalue weighted by molar-refractivity contribution is 6.31. The summed E-state index contributed by atoms with van der Waals surface area (Å²) < 4.78 is 0. The van der Waals surface area contributed by atoms with Crippen LogP contribution in [0.4, 0.5) is 0 Å². The van der Waals surface area contributed by atoms with Gasteiger partial charge in [0.2, 0.25) is 0 Å². The molecule has 1 fully saturated rings. The molecule has 2 rings (SSSR count). The van der Waals surface area contributed by atoms with Gasteiger partial charge >= 0.3 is 0 Å². The molecular formula is C14H20ClN3O. The van der Waals surface area contributed by atoms with Gasteiger partial charge in [0.1, 0.15) is 5.84 Å². The maximum Gasteiger partial charge on any atom is 0.122 e. The van der Waals surface area contributed by atoms with Gasteiger partial charge < -0.3 is 10.8 Å². The van der Waals surface area contributed by atoms with Gasteiger partial charge in [-0.25, -0.2) is 0 Å². The fraction of sp³-hybridized carbons (Fsp3) is 0.500. The van der Waals surface area contributed by atoms with Crippen LogP contribution in [-0.2, 0) is 6.54 Å². The lowest BCUT2D eigenvalue weighted by Crippen LogP contribution is -2.24. The summed E-state index contributed by atoms with van der Waals surface area (Å²) in [6, 6.07) is 5.49. The number of aliphatic hydroxyl groups is 1. The van der Waals surface area contributed by atoms with Gasteiger partial charge in [-0.05, 0) is 37.4 Å². The van der Waals surface area contributed by atoms with E-state index in [9.17, 15) is 5.11 Å². The molecule has 1 aromatic rings. The molecule has 1 saturated heterocycles. The lowest BCUT2D eigenvalue weighted by Gasteiger charge is -2.18. The van der Waals surface area contributed by atoms with Crippen LogP contribution in [0.2, 0.25) is 5.02 Å². The summed E-state index contributed by atoms with van der Waals surface area (Å²) in [5.41, 5.74) is 7.12. The van der Waals surface area contributed by atoms with E-state index >= 15 is 0 Å². The van der Waals surface area contributed by atoms with Gasteiger partial charge in [0.25, 0.3) is 0 Å². The lowest BCUT2D eigenvalue weighted by atomic mass is 10.0. The van der Waals surface area contributed by atoms with E-state index < -0.39 is 0 Å². The highest BCUT2D eigenvalue weighted by atomic mass is 35.5. The molecule has 19 heavy (non-hydrogen) atoms. The molecule has 0 aliphatic carbocycles. The number of halogens is 1. The Morgan fingerprint density at radius 1 is 1.63 bits per heavy atom. The Labute approximate surface area is 118 Å². The summed E-state index contributed by atoms with van der Waals surface area (Å²) in [4.78, 5) is 2.30. The predicted octanol–water partition coefficient (Wildman–Crippen LogP) is 1.83. The Morgan fingerprint density at radius 2 is 2.37 bits per heavy atom. The van der Waals surface area contributed by atoms with Crippen molar-refractivity contribution in [3.05, 3.63) is 34.3 Å². The first kappa shape index (κ1) is 14.3. The smallest absolute Gasteiger partial charge is 0.122 e. The maximum absolute atomic E-state index is 9.60. The summed E-state index contributed by atoms with van der Waals surface area (Å²) in [7, 11) is 0. The molecule has 1 aliphatic rings. The van der Waals surface area contributed by atoms with E-state index in [2.05, 4.69) is 4.90 Å². The second-order valence-corrected chi connectivity index (χ2v) is 5.65. The van der Waals surface area contributed by atoms with Crippen molar-refractivity contribution >= 4 is 17.4 Å². The number of nitrogens with zero attached hydrogens (tertiary/aromatic N) is 1. The Hall–Kier alpha value is -1.10. The number of nitrogen functional groups attached to an aromatic ring is 1. The van der Waals surface area contributed by atoms with Crippen molar-refractivity contribution in [3.8, 4) is 0 Å². The fourth-order valence-electron chi connectivity index (χ4n) is 2.48. The molecule has 0 saturated carbocycles. The van der Waals surface area contributed by atoms with Gasteiger partial charge in [0.15, 0.2) is 0 Å². The highest BCUT2D eigenvalue weighted by Crippen LogP contribution is 2.25. The number of nitrogens with one attached hydrogen (secondary N) is 1. The molecule has 0 radical (unpaired) electrons. The number of benzene rings is 1. The van der Waals surface area contributed by atoms with Gasteiger partial charge in [0, 0.05) is 23.7 Å². The first-order chi connectivity index (χ1) is 8.97. The molecule has 0 bridgehead atoms. The largest absolute Gasteiger partial charge is 0.393 e. The van der Waals surface area contributed by atoms with E-state index in [1.165, 1.54) is 0 Å². The number of amidine groups is 1. The SMILES string of the molecule is CC(O)C1CCN(Cc2ccc(C(=N)N)cc2Cl)C1. The van der Waals surface area contributed by atoms with Crippen LogP contribution in [0, 0.1) is 11.3 Å². The Bertz CT molecular complexity index is 476. The molecule has 0 spiro atoms. The van der Waals surface area contributed by atoms with Crippen LogP contribution in [-0.4, -0.2) is 35.0 Å². The molecule has 4 nitrogen and oxygen atoms in total. The minimum absolute atomic E-state index is 0.0313.